The minimum Gasteiger partial charge on any atom is -0.498 e. The Labute approximate surface area is 234 Å². The van der Waals surface area contributed by atoms with Crippen LogP contribution in [0.1, 0.15) is 53.8 Å². The van der Waals surface area contributed by atoms with Gasteiger partial charge >= 0.3 is 0 Å². The van der Waals surface area contributed by atoms with Gasteiger partial charge in [0.05, 0.1) is 30.1 Å². The number of hydrogen-bond donors (Lipinski definition) is 2. The van der Waals surface area contributed by atoms with Crippen molar-refractivity contribution in [2.45, 2.75) is 61.9 Å². The molecule has 2 aromatic carbocycles. The third kappa shape index (κ3) is 7.01. The van der Waals surface area contributed by atoms with Gasteiger partial charge in [-0.15, -0.1) is 11.8 Å². The maximum Gasteiger partial charge on any atom is 0.254 e. The highest BCUT2D eigenvalue weighted by molar-refractivity contribution is 7.99. The number of rotatable bonds is 9. The lowest BCUT2D eigenvalue weighted by molar-refractivity contribution is -0.164. The van der Waals surface area contributed by atoms with E-state index in [1.54, 1.807) is 19.0 Å². The second-order valence-corrected chi connectivity index (χ2v) is 11.4. The number of ether oxygens (including phenoxy) is 2. The number of hydrogen-bond acceptors (Lipinski definition) is 6. The Balaban J connectivity index is 1.47. The van der Waals surface area contributed by atoms with Crippen LogP contribution in [0.3, 0.4) is 0 Å². The summed E-state index contributed by atoms with van der Waals surface area (Å²) in [7, 11) is 3.47. The average Bonchev–Trinajstić information content (AvgIpc) is 2.91. The van der Waals surface area contributed by atoms with Crippen molar-refractivity contribution < 1.29 is 24.5 Å². The van der Waals surface area contributed by atoms with Gasteiger partial charge in [0.15, 0.2) is 0 Å². The first kappa shape index (κ1) is 28.7. The minimum absolute atomic E-state index is 0.0580. The molecular weight excluding hydrogens is 522 g/mol. The number of carbonyl (C=O) groups excluding carboxylic acids is 1. The van der Waals surface area contributed by atoms with E-state index in [1.807, 2.05) is 55.5 Å². The van der Waals surface area contributed by atoms with Gasteiger partial charge in [0.25, 0.3) is 5.91 Å². The molecule has 1 aliphatic heterocycles. The van der Waals surface area contributed by atoms with Crippen LogP contribution in [0.5, 0.6) is 0 Å². The third-order valence-electron chi connectivity index (χ3n) is 6.84. The monoisotopic (exact) mass is 557 g/mol. The Kier molecular flexibility index (Phi) is 9.96. The van der Waals surface area contributed by atoms with Crippen LogP contribution >= 0.6 is 23.4 Å². The third-order valence-corrected chi connectivity index (χ3v) is 8.41. The van der Waals surface area contributed by atoms with Crippen LogP contribution in [0.4, 0.5) is 0 Å². The summed E-state index contributed by atoms with van der Waals surface area (Å²) in [5, 5.41) is 22.2. The molecule has 2 aliphatic rings. The van der Waals surface area contributed by atoms with E-state index < -0.39 is 18.3 Å². The molecule has 0 radical (unpaired) electrons. The Morgan fingerprint density at radius 3 is 2.66 bits per heavy atom. The fourth-order valence-electron chi connectivity index (χ4n) is 4.80. The van der Waals surface area contributed by atoms with Gasteiger partial charge in [0, 0.05) is 42.6 Å². The molecule has 0 spiro atoms. The Bertz CT molecular complexity index is 1200. The standard InChI is InChI=1S/C30H36ClNO5S/c1-4-36-22-12-9-19(10-13-22)15-21-16-20(11-14-25(21)31)29-28(34)26(33)17-23(37-29)18-38-27-8-6-5-7-24(27)30(35)32(2)3/h5-9,11-12,14,16,23,26,28-29,33-34H,4,10,13,15,17-18H2,1-3H3. The number of benzene rings is 2. The molecule has 4 unspecified atom stereocenters. The van der Waals surface area contributed by atoms with Crippen LogP contribution < -0.4 is 0 Å². The summed E-state index contributed by atoms with van der Waals surface area (Å²) in [6, 6.07) is 13.2. The molecule has 0 aromatic heterocycles. The number of thioether (sulfide) groups is 1. The topological polar surface area (TPSA) is 79.2 Å². The van der Waals surface area contributed by atoms with E-state index in [9.17, 15) is 15.0 Å². The summed E-state index contributed by atoms with van der Waals surface area (Å²) in [6.45, 7) is 2.65. The summed E-state index contributed by atoms with van der Waals surface area (Å²) < 4.78 is 12.0. The molecule has 204 valence electrons. The van der Waals surface area contributed by atoms with E-state index in [0.29, 0.717) is 35.8 Å². The maximum absolute atomic E-state index is 12.6. The summed E-state index contributed by atoms with van der Waals surface area (Å²) in [5.74, 6) is 1.48. The van der Waals surface area contributed by atoms with E-state index in [-0.39, 0.29) is 12.0 Å². The van der Waals surface area contributed by atoms with Crippen LogP contribution in [0.15, 0.2) is 70.8 Å². The molecule has 6 nitrogen and oxygen atoms in total. The van der Waals surface area contributed by atoms with Gasteiger partial charge in [-0.25, -0.2) is 0 Å². The van der Waals surface area contributed by atoms with Crippen LogP contribution in [0.2, 0.25) is 5.02 Å². The smallest absolute Gasteiger partial charge is 0.254 e. The number of allylic oxidation sites excluding steroid dienone is 4. The minimum atomic E-state index is -1.04. The van der Waals surface area contributed by atoms with Gasteiger partial charge in [0.2, 0.25) is 0 Å². The molecule has 8 heteroatoms. The zero-order chi connectivity index (χ0) is 27.2. The highest BCUT2D eigenvalue weighted by atomic mass is 35.5. The fourth-order valence-corrected chi connectivity index (χ4v) is 6.05. The molecule has 2 N–H and O–H groups in total. The SMILES string of the molecule is CCOC1=CC=C(Cc2cc(C3OC(CSc4ccccc4C(=O)N(C)C)CC(O)C3O)ccc2Cl)CC1. The van der Waals surface area contributed by atoms with Gasteiger partial charge in [-0.2, -0.15) is 0 Å². The van der Waals surface area contributed by atoms with E-state index in [4.69, 9.17) is 21.1 Å². The Morgan fingerprint density at radius 2 is 1.95 bits per heavy atom. The predicted molar refractivity (Wildman–Crippen MR) is 152 cm³/mol. The van der Waals surface area contributed by atoms with Crippen LogP contribution in [-0.4, -0.2) is 65.8 Å². The lowest BCUT2D eigenvalue weighted by Gasteiger charge is -2.37. The zero-order valence-corrected chi connectivity index (χ0v) is 23.7. The maximum atomic E-state index is 12.6. The molecular formula is C30H36ClNO5S. The molecule has 1 saturated heterocycles. The van der Waals surface area contributed by atoms with E-state index in [0.717, 1.165) is 34.6 Å². The van der Waals surface area contributed by atoms with Crippen molar-refractivity contribution in [2.75, 3.05) is 26.5 Å². The van der Waals surface area contributed by atoms with Gasteiger partial charge in [-0.1, -0.05) is 47.5 Å². The molecule has 1 amide bonds. The molecule has 38 heavy (non-hydrogen) atoms. The highest BCUT2D eigenvalue weighted by Crippen LogP contribution is 2.37. The fraction of sp³-hybridized carbons (Fsp3) is 0.433. The molecule has 4 atom stereocenters. The first-order valence-corrected chi connectivity index (χ1v) is 14.4. The second-order valence-electron chi connectivity index (χ2n) is 9.90. The summed E-state index contributed by atoms with van der Waals surface area (Å²) >= 11 is 8.08. The first-order valence-electron chi connectivity index (χ1n) is 13.0. The second kappa shape index (κ2) is 13.2. The summed E-state index contributed by atoms with van der Waals surface area (Å²) in [4.78, 5) is 15.0. The number of aliphatic hydroxyl groups excluding tert-OH is 2. The van der Waals surface area contributed by atoms with Crippen LogP contribution in [-0.2, 0) is 15.9 Å². The largest absolute Gasteiger partial charge is 0.498 e. The lowest BCUT2D eigenvalue weighted by atomic mass is 9.91. The summed E-state index contributed by atoms with van der Waals surface area (Å²) in [6.07, 6.45) is 3.98. The predicted octanol–water partition coefficient (Wildman–Crippen LogP) is 5.57. The average molecular weight is 558 g/mol. The van der Waals surface area contributed by atoms with Crippen molar-refractivity contribution >= 4 is 29.3 Å². The van der Waals surface area contributed by atoms with Crippen LogP contribution in [0, 0.1) is 0 Å². The van der Waals surface area contributed by atoms with Crippen molar-refractivity contribution in [3.05, 3.63) is 87.7 Å². The molecule has 2 aromatic rings. The normalized spacial score (nSPS) is 23.4. The molecule has 0 bridgehead atoms. The van der Waals surface area contributed by atoms with E-state index in [1.165, 1.54) is 17.3 Å². The van der Waals surface area contributed by atoms with Crippen molar-refractivity contribution in [1.82, 2.24) is 4.90 Å². The molecule has 0 saturated carbocycles. The lowest BCUT2D eigenvalue weighted by Crippen LogP contribution is -2.44. The molecule has 4 rings (SSSR count). The zero-order valence-electron chi connectivity index (χ0n) is 22.1. The number of aliphatic hydroxyl groups is 2. The van der Waals surface area contributed by atoms with Crippen molar-refractivity contribution in [3.8, 4) is 0 Å². The number of carbonyl (C=O) groups is 1. The molecule has 1 aliphatic carbocycles. The highest BCUT2D eigenvalue weighted by Gasteiger charge is 2.38. The first-order chi connectivity index (χ1) is 18.3. The molecule has 1 fully saturated rings. The van der Waals surface area contributed by atoms with Crippen molar-refractivity contribution in [1.29, 1.82) is 0 Å². The van der Waals surface area contributed by atoms with Gasteiger partial charge in [-0.3, -0.25) is 4.79 Å². The van der Waals surface area contributed by atoms with E-state index >= 15 is 0 Å². The van der Waals surface area contributed by atoms with Crippen molar-refractivity contribution in [3.63, 3.8) is 0 Å². The van der Waals surface area contributed by atoms with Gasteiger partial charge in [-0.05, 0) is 55.2 Å². The quantitative estimate of drug-likeness (QED) is 0.392. The van der Waals surface area contributed by atoms with E-state index in [2.05, 4.69) is 6.08 Å². The number of nitrogens with zero attached hydrogens (tertiary/aromatic N) is 1. The number of amides is 1. The summed E-state index contributed by atoms with van der Waals surface area (Å²) in [5.41, 5.74) is 3.65. The van der Waals surface area contributed by atoms with Gasteiger partial charge < -0.3 is 24.6 Å². The molecule has 1 heterocycles. The Hall–Kier alpha value is -2.29. The van der Waals surface area contributed by atoms with Crippen LogP contribution in [0.25, 0.3) is 0 Å². The van der Waals surface area contributed by atoms with Gasteiger partial charge in [0.1, 0.15) is 12.2 Å². The Morgan fingerprint density at radius 1 is 1.16 bits per heavy atom. The number of halogens is 1. The van der Waals surface area contributed by atoms with Crippen molar-refractivity contribution in [2.24, 2.45) is 0 Å².